The van der Waals surface area contributed by atoms with Crippen molar-refractivity contribution in [1.82, 2.24) is 5.32 Å². The lowest BCUT2D eigenvalue weighted by molar-refractivity contribution is 0.609. The van der Waals surface area contributed by atoms with Gasteiger partial charge in [-0.3, -0.25) is 0 Å². The van der Waals surface area contributed by atoms with Crippen molar-refractivity contribution in [2.24, 2.45) is 5.92 Å². The summed E-state index contributed by atoms with van der Waals surface area (Å²) in [5, 5.41) is 3.18. The highest BCUT2D eigenvalue weighted by atomic mass is 79.9. The van der Waals surface area contributed by atoms with Crippen LogP contribution in [0.2, 0.25) is 0 Å². The highest BCUT2D eigenvalue weighted by molar-refractivity contribution is 9.10. The third-order valence-corrected chi connectivity index (χ3v) is 4.46. The van der Waals surface area contributed by atoms with Crippen LogP contribution in [0, 0.1) is 5.92 Å². The van der Waals surface area contributed by atoms with Gasteiger partial charge in [-0.2, -0.15) is 0 Å². The minimum Gasteiger partial charge on any atom is -0.372 e. The van der Waals surface area contributed by atoms with Gasteiger partial charge in [-0.05, 0) is 50.4 Å². The molecule has 0 heterocycles. The van der Waals surface area contributed by atoms with Gasteiger partial charge in [0.1, 0.15) is 0 Å². The summed E-state index contributed by atoms with van der Waals surface area (Å²) in [6.07, 6.45) is 2.79. The van der Waals surface area contributed by atoms with Crippen LogP contribution in [0.1, 0.15) is 25.3 Å². The van der Waals surface area contributed by atoms with E-state index >= 15 is 0 Å². The van der Waals surface area contributed by atoms with Crippen LogP contribution < -0.4 is 10.2 Å². The maximum Gasteiger partial charge on any atom is 0.0377 e. The van der Waals surface area contributed by atoms with Crippen molar-refractivity contribution in [3.8, 4) is 0 Å². The third kappa shape index (κ3) is 3.02. The molecule has 0 saturated heterocycles. The molecule has 2 nitrogen and oxygen atoms in total. The van der Waals surface area contributed by atoms with Crippen LogP contribution in [0.5, 0.6) is 0 Å². The number of benzene rings is 1. The molecule has 0 aromatic heterocycles. The summed E-state index contributed by atoms with van der Waals surface area (Å²) in [5.74, 6) is 0.899. The maximum atomic E-state index is 3.65. The Morgan fingerprint density at radius 3 is 2.71 bits per heavy atom. The number of nitrogens with one attached hydrogen (secondary N) is 1. The normalized spacial score (nSPS) is 16.9. The molecule has 1 aromatic rings. The van der Waals surface area contributed by atoms with Crippen LogP contribution in [0.3, 0.4) is 0 Å². The topological polar surface area (TPSA) is 15.3 Å². The Kier molecular flexibility index (Phi) is 4.10. The van der Waals surface area contributed by atoms with Crippen molar-refractivity contribution in [2.75, 3.05) is 19.0 Å². The summed E-state index contributed by atoms with van der Waals surface area (Å²) in [6, 6.07) is 7.30. The van der Waals surface area contributed by atoms with Crippen LogP contribution in [-0.4, -0.2) is 20.1 Å². The van der Waals surface area contributed by atoms with Crippen LogP contribution in [-0.2, 0) is 6.54 Å². The van der Waals surface area contributed by atoms with Crippen LogP contribution in [0.25, 0.3) is 0 Å². The van der Waals surface area contributed by atoms with Gasteiger partial charge in [0.15, 0.2) is 0 Å². The summed E-state index contributed by atoms with van der Waals surface area (Å²) < 4.78 is 1.19. The highest BCUT2D eigenvalue weighted by Gasteiger charge is 2.30. The standard InChI is InChI=1S/C14H21BrN2/c1-10(11-4-5-11)17(3)13-7-6-12(9-16-2)14(15)8-13/h6-8,10-11,16H,4-5,9H2,1-3H3. The first kappa shape index (κ1) is 12.9. The van der Waals surface area contributed by atoms with Crippen LogP contribution in [0.15, 0.2) is 22.7 Å². The first-order valence-corrected chi connectivity index (χ1v) is 7.08. The Labute approximate surface area is 113 Å². The second-order valence-corrected chi connectivity index (χ2v) is 5.85. The Morgan fingerprint density at radius 1 is 1.47 bits per heavy atom. The quantitative estimate of drug-likeness (QED) is 0.896. The molecular weight excluding hydrogens is 276 g/mol. The van der Waals surface area contributed by atoms with Gasteiger partial charge >= 0.3 is 0 Å². The summed E-state index contributed by atoms with van der Waals surface area (Å²) >= 11 is 3.65. The fraction of sp³-hybridized carbons (Fsp3) is 0.571. The largest absolute Gasteiger partial charge is 0.372 e. The molecule has 1 aliphatic carbocycles. The summed E-state index contributed by atoms with van der Waals surface area (Å²) in [7, 11) is 4.17. The molecule has 0 amide bonds. The SMILES string of the molecule is CNCc1ccc(N(C)C(C)C2CC2)cc1Br. The highest BCUT2D eigenvalue weighted by Crippen LogP contribution is 2.36. The molecule has 1 aliphatic rings. The zero-order chi connectivity index (χ0) is 12.4. The van der Waals surface area contributed by atoms with E-state index in [-0.39, 0.29) is 0 Å². The molecule has 2 rings (SSSR count). The van der Waals surface area contributed by atoms with Gasteiger partial charge in [0.25, 0.3) is 0 Å². The molecule has 0 spiro atoms. The molecule has 1 fully saturated rings. The fourth-order valence-corrected chi connectivity index (χ4v) is 2.73. The minimum absolute atomic E-state index is 0.650. The van der Waals surface area contributed by atoms with E-state index in [0.29, 0.717) is 6.04 Å². The predicted octanol–water partition coefficient (Wildman–Crippen LogP) is 3.40. The molecule has 94 valence electrons. The predicted molar refractivity (Wildman–Crippen MR) is 77.5 cm³/mol. The Morgan fingerprint density at radius 2 is 2.18 bits per heavy atom. The fourth-order valence-electron chi connectivity index (χ4n) is 2.22. The summed E-state index contributed by atoms with van der Waals surface area (Å²) in [6.45, 7) is 3.23. The first-order valence-electron chi connectivity index (χ1n) is 6.29. The third-order valence-electron chi connectivity index (χ3n) is 3.73. The van der Waals surface area contributed by atoms with Gasteiger partial charge < -0.3 is 10.2 Å². The zero-order valence-electron chi connectivity index (χ0n) is 10.8. The average Bonchev–Trinajstić information content (AvgIpc) is 3.14. The number of halogens is 1. The molecule has 1 atom stereocenters. The van der Waals surface area contributed by atoms with Crippen molar-refractivity contribution in [3.63, 3.8) is 0 Å². The number of anilines is 1. The van der Waals surface area contributed by atoms with Crippen molar-refractivity contribution in [3.05, 3.63) is 28.2 Å². The second-order valence-electron chi connectivity index (χ2n) is 4.99. The van der Waals surface area contributed by atoms with Gasteiger partial charge in [-0.15, -0.1) is 0 Å². The van der Waals surface area contributed by atoms with Crippen LogP contribution in [0.4, 0.5) is 5.69 Å². The average molecular weight is 297 g/mol. The zero-order valence-corrected chi connectivity index (χ0v) is 12.4. The molecule has 17 heavy (non-hydrogen) atoms. The molecule has 1 aromatic carbocycles. The van der Waals surface area contributed by atoms with E-state index < -0.39 is 0 Å². The Balaban J connectivity index is 2.12. The van der Waals surface area contributed by atoms with Gasteiger partial charge in [-0.1, -0.05) is 22.0 Å². The first-order chi connectivity index (χ1) is 8.13. The van der Waals surface area contributed by atoms with Crippen molar-refractivity contribution < 1.29 is 0 Å². The minimum atomic E-state index is 0.650. The van der Waals surface area contributed by atoms with E-state index in [2.05, 4.69) is 58.3 Å². The molecule has 1 N–H and O–H groups in total. The molecule has 3 heteroatoms. The monoisotopic (exact) mass is 296 g/mol. The summed E-state index contributed by atoms with van der Waals surface area (Å²) in [4.78, 5) is 2.39. The summed E-state index contributed by atoms with van der Waals surface area (Å²) in [5.41, 5.74) is 2.61. The van der Waals surface area contributed by atoms with Gasteiger partial charge in [0.2, 0.25) is 0 Å². The molecular formula is C14H21BrN2. The van der Waals surface area contributed by atoms with E-state index in [0.717, 1.165) is 12.5 Å². The van der Waals surface area contributed by atoms with E-state index in [4.69, 9.17) is 0 Å². The van der Waals surface area contributed by atoms with Crippen molar-refractivity contribution in [1.29, 1.82) is 0 Å². The Hall–Kier alpha value is -0.540. The van der Waals surface area contributed by atoms with E-state index in [1.165, 1.54) is 28.6 Å². The molecule has 0 aliphatic heterocycles. The molecule has 0 bridgehead atoms. The maximum absolute atomic E-state index is 3.65. The van der Waals surface area contributed by atoms with E-state index in [9.17, 15) is 0 Å². The molecule has 1 saturated carbocycles. The van der Waals surface area contributed by atoms with E-state index in [1.54, 1.807) is 0 Å². The molecule has 1 unspecified atom stereocenters. The number of hydrogen-bond donors (Lipinski definition) is 1. The van der Waals surface area contributed by atoms with Crippen molar-refractivity contribution >= 4 is 21.6 Å². The molecule has 0 radical (unpaired) electrons. The van der Waals surface area contributed by atoms with Crippen LogP contribution >= 0.6 is 15.9 Å². The number of hydrogen-bond acceptors (Lipinski definition) is 2. The number of nitrogens with zero attached hydrogens (tertiary/aromatic N) is 1. The van der Waals surface area contributed by atoms with E-state index in [1.807, 2.05) is 7.05 Å². The Bertz CT molecular complexity index is 388. The van der Waals surface area contributed by atoms with Gasteiger partial charge in [-0.25, -0.2) is 0 Å². The second kappa shape index (κ2) is 5.40. The lowest BCUT2D eigenvalue weighted by Gasteiger charge is -2.27. The lowest BCUT2D eigenvalue weighted by Crippen LogP contribution is -2.30. The van der Waals surface area contributed by atoms with Crippen molar-refractivity contribution in [2.45, 2.75) is 32.4 Å². The van der Waals surface area contributed by atoms with Gasteiger partial charge in [0, 0.05) is 29.8 Å². The smallest absolute Gasteiger partial charge is 0.0377 e. The lowest BCUT2D eigenvalue weighted by atomic mass is 10.1. The number of rotatable bonds is 5. The van der Waals surface area contributed by atoms with Gasteiger partial charge in [0.05, 0.1) is 0 Å².